The van der Waals surface area contributed by atoms with Crippen molar-refractivity contribution in [2.24, 2.45) is 0 Å². The molecule has 0 fully saturated rings. The van der Waals surface area contributed by atoms with Crippen LogP contribution >= 0.6 is 0 Å². The first-order valence-corrected chi connectivity index (χ1v) is 6.93. The number of aliphatic carboxylic acids is 2. The van der Waals surface area contributed by atoms with Crippen molar-refractivity contribution >= 4 is 11.9 Å². The SMILES string of the molecule is CCC(=O)[O-].CCC(=O)[O-].CCCC[O-].CCCC[O-].[Ti+4]. The zero-order chi connectivity index (χ0) is 16.8. The maximum Gasteiger partial charge on any atom is 4.00 e. The zero-order valence-electron chi connectivity index (χ0n) is 13.6. The first-order valence-electron chi connectivity index (χ1n) is 6.93. The fourth-order valence-electron chi connectivity index (χ4n) is 0.289. The predicted octanol–water partition coefficient (Wildman–Crippen LogP) is -1.42. The van der Waals surface area contributed by atoms with Gasteiger partial charge < -0.3 is 30.0 Å². The Hall–Kier alpha value is -0.426. The molecule has 0 radical (unpaired) electrons. The van der Waals surface area contributed by atoms with Crippen molar-refractivity contribution in [2.75, 3.05) is 13.2 Å². The molecule has 0 rings (SSSR count). The number of hydrogen-bond donors (Lipinski definition) is 0. The van der Waals surface area contributed by atoms with E-state index < -0.39 is 11.9 Å². The molecule has 7 heteroatoms. The predicted molar refractivity (Wildman–Crippen MR) is 70.1 cm³/mol. The van der Waals surface area contributed by atoms with Crippen LogP contribution < -0.4 is 20.4 Å². The molecule has 0 amide bonds. The summed E-state index contributed by atoms with van der Waals surface area (Å²) in [5, 5.41) is 37.6. The molecule has 0 atom stereocenters. The van der Waals surface area contributed by atoms with Crippen LogP contribution in [0.1, 0.15) is 66.2 Å². The van der Waals surface area contributed by atoms with E-state index in [1.165, 1.54) is 13.8 Å². The molecule has 0 spiro atoms. The summed E-state index contributed by atoms with van der Waals surface area (Å²) in [5.41, 5.74) is 0. The van der Waals surface area contributed by atoms with E-state index in [-0.39, 0.29) is 47.8 Å². The van der Waals surface area contributed by atoms with Gasteiger partial charge in [-0.1, -0.05) is 53.4 Å². The zero-order valence-corrected chi connectivity index (χ0v) is 15.2. The van der Waals surface area contributed by atoms with Gasteiger partial charge in [0.2, 0.25) is 0 Å². The second kappa shape index (κ2) is 36.7. The third kappa shape index (κ3) is 105. The van der Waals surface area contributed by atoms with Crippen molar-refractivity contribution in [3.05, 3.63) is 0 Å². The smallest absolute Gasteiger partial charge is 0.854 e. The van der Waals surface area contributed by atoms with Crippen LogP contribution in [-0.4, -0.2) is 25.2 Å². The molecule has 21 heavy (non-hydrogen) atoms. The van der Waals surface area contributed by atoms with Crippen molar-refractivity contribution in [1.82, 2.24) is 0 Å². The molecule has 6 nitrogen and oxygen atoms in total. The molecule has 0 N–H and O–H groups in total. The summed E-state index contributed by atoms with van der Waals surface area (Å²) in [5.74, 6) is -1.99. The van der Waals surface area contributed by atoms with Gasteiger partial charge >= 0.3 is 21.7 Å². The number of rotatable bonds is 6. The van der Waals surface area contributed by atoms with Crippen LogP contribution in [0.2, 0.25) is 0 Å². The Kier molecular flexibility index (Phi) is 56.7. The molecule has 0 aromatic carbocycles. The largest absolute Gasteiger partial charge is 4.00 e. The summed E-state index contributed by atoms with van der Waals surface area (Å²) in [6.45, 7) is 7.29. The van der Waals surface area contributed by atoms with Crippen molar-refractivity contribution in [1.29, 1.82) is 0 Å². The topological polar surface area (TPSA) is 126 Å². The molecule has 0 saturated heterocycles. The van der Waals surface area contributed by atoms with Crippen LogP contribution in [0.4, 0.5) is 0 Å². The number of carbonyl (C=O) groups excluding carboxylic acids is 2. The van der Waals surface area contributed by atoms with Crippen LogP contribution in [0.3, 0.4) is 0 Å². The van der Waals surface area contributed by atoms with E-state index in [0.717, 1.165) is 25.7 Å². The summed E-state index contributed by atoms with van der Waals surface area (Å²) in [6.07, 6.45) is 3.95. The van der Waals surface area contributed by atoms with Gasteiger partial charge in [0.15, 0.2) is 0 Å². The molecule has 0 unspecified atom stereocenters. The molecule has 0 aliphatic carbocycles. The van der Waals surface area contributed by atoms with Gasteiger partial charge in [0, 0.05) is 11.9 Å². The van der Waals surface area contributed by atoms with Crippen LogP contribution in [0.15, 0.2) is 0 Å². The summed E-state index contributed by atoms with van der Waals surface area (Å²) >= 11 is 0. The van der Waals surface area contributed by atoms with Gasteiger partial charge in [0.1, 0.15) is 0 Å². The van der Waals surface area contributed by atoms with E-state index in [4.69, 9.17) is 0 Å². The average molecular weight is 340 g/mol. The van der Waals surface area contributed by atoms with E-state index in [0.29, 0.717) is 0 Å². The number of carboxylic acids is 2. The van der Waals surface area contributed by atoms with E-state index in [1.807, 2.05) is 13.8 Å². The third-order valence-corrected chi connectivity index (χ3v) is 1.57. The molecule has 0 bridgehead atoms. The van der Waals surface area contributed by atoms with Crippen LogP contribution in [0, 0.1) is 0 Å². The van der Waals surface area contributed by atoms with E-state index in [9.17, 15) is 30.0 Å². The number of hydrogen-bond acceptors (Lipinski definition) is 6. The summed E-state index contributed by atoms with van der Waals surface area (Å²) in [4.78, 5) is 18.5. The van der Waals surface area contributed by atoms with Crippen molar-refractivity contribution in [3.63, 3.8) is 0 Å². The minimum absolute atomic E-state index is 0. The van der Waals surface area contributed by atoms with E-state index in [2.05, 4.69) is 0 Å². The molecule has 0 aliphatic heterocycles. The Labute approximate surface area is 143 Å². The first kappa shape index (κ1) is 32.5. The summed E-state index contributed by atoms with van der Waals surface area (Å²) in [6, 6.07) is 0. The first-order chi connectivity index (χ1) is 9.37. The molecule has 124 valence electrons. The number of carboxylic acid groups (broad SMARTS) is 2. The second-order valence-corrected chi connectivity index (χ2v) is 3.57. The quantitative estimate of drug-likeness (QED) is 0.546. The molecule has 0 aliphatic rings. The van der Waals surface area contributed by atoms with E-state index >= 15 is 0 Å². The van der Waals surface area contributed by atoms with Crippen LogP contribution in [0.5, 0.6) is 0 Å². The number of unbranched alkanes of at least 4 members (excludes halogenated alkanes) is 2. The average Bonchev–Trinajstić information content (AvgIpc) is 2.42. The van der Waals surface area contributed by atoms with Crippen molar-refractivity contribution in [3.8, 4) is 0 Å². The van der Waals surface area contributed by atoms with Gasteiger partial charge in [-0.3, -0.25) is 0 Å². The molecule has 0 saturated carbocycles. The van der Waals surface area contributed by atoms with Gasteiger partial charge in [0.05, 0.1) is 0 Å². The molecular weight excluding hydrogens is 312 g/mol. The Morgan fingerprint density at radius 2 is 0.905 bits per heavy atom. The second-order valence-electron chi connectivity index (χ2n) is 3.57. The minimum atomic E-state index is -0.995. The van der Waals surface area contributed by atoms with Crippen molar-refractivity contribution in [2.45, 2.75) is 66.2 Å². The molecular formula is C14H28O6Ti. The Morgan fingerprint density at radius 1 is 0.714 bits per heavy atom. The Morgan fingerprint density at radius 3 is 0.905 bits per heavy atom. The van der Waals surface area contributed by atoms with Gasteiger partial charge in [-0.2, -0.15) is 0 Å². The standard InChI is InChI=1S/2C4H9O.2C3H6O2.Ti/c2*1-2-3-4-5;2*1-2-3(4)5;/h2*2-4H2,1H3;2*2H2,1H3,(H,4,5);/q2*-1;;;+4/p-2. The van der Waals surface area contributed by atoms with Gasteiger partial charge in [-0.15, -0.1) is 13.2 Å². The minimum Gasteiger partial charge on any atom is -0.854 e. The van der Waals surface area contributed by atoms with Crippen LogP contribution in [-0.2, 0) is 31.3 Å². The van der Waals surface area contributed by atoms with Gasteiger partial charge in [-0.05, 0) is 12.8 Å². The normalized spacial score (nSPS) is 7.52. The molecule has 0 aromatic rings. The maximum absolute atomic E-state index is 9.53. The Bertz CT molecular complexity index is 164. The van der Waals surface area contributed by atoms with Gasteiger partial charge in [-0.25, -0.2) is 0 Å². The maximum atomic E-state index is 9.53. The number of carbonyl (C=O) groups is 2. The van der Waals surface area contributed by atoms with Gasteiger partial charge in [0.25, 0.3) is 0 Å². The fraction of sp³-hybridized carbons (Fsp3) is 0.857. The third-order valence-electron chi connectivity index (χ3n) is 1.57. The summed E-state index contributed by atoms with van der Waals surface area (Å²) < 4.78 is 0. The summed E-state index contributed by atoms with van der Waals surface area (Å²) in [7, 11) is 0. The molecule has 0 heterocycles. The monoisotopic (exact) mass is 340 g/mol. The fourth-order valence-corrected chi connectivity index (χ4v) is 0.289. The Balaban J connectivity index is -0.0000000533. The van der Waals surface area contributed by atoms with E-state index in [1.54, 1.807) is 0 Å². The molecule has 0 aromatic heterocycles. The van der Waals surface area contributed by atoms with Crippen LogP contribution in [0.25, 0.3) is 0 Å². The van der Waals surface area contributed by atoms with Crippen molar-refractivity contribution < 1.29 is 51.7 Å².